The predicted octanol–water partition coefficient (Wildman–Crippen LogP) is 1.21. The van der Waals surface area contributed by atoms with Gasteiger partial charge in [-0.25, -0.2) is 0 Å². The van der Waals surface area contributed by atoms with Crippen LogP contribution in [-0.2, 0) is 19.1 Å². The number of nitrogens with zero attached hydrogens (tertiary/aromatic N) is 1. The third-order valence-electron chi connectivity index (χ3n) is 5.14. The largest absolute Gasteiger partial charge is 0.353 e. The number of carbonyl (C=O) groups excluding carboxylic acids is 2. The molecule has 1 spiro atoms. The average Bonchev–Trinajstić information content (AvgIpc) is 3.22. The molecule has 0 aromatic rings. The summed E-state index contributed by atoms with van der Waals surface area (Å²) < 4.78 is 11.8. The van der Waals surface area contributed by atoms with Crippen molar-refractivity contribution in [2.24, 2.45) is 5.92 Å². The zero-order chi connectivity index (χ0) is 16.3. The molecule has 2 heterocycles. The van der Waals surface area contributed by atoms with Crippen LogP contribution in [0.4, 0.5) is 0 Å². The van der Waals surface area contributed by atoms with Crippen LogP contribution >= 0.6 is 0 Å². The second-order valence-corrected chi connectivity index (χ2v) is 6.72. The number of amides is 2. The van der Waals surface area contributed by atoms with Crippen LogP contribution in [0.5, 0.6) is 0 Å². The standard InChI is InChI=1S/C17H26N2O4/c1-2-15(20)19-9-5-13(6-10-19)16(21)18-11-14-12-22-17(23-14)7-3-4-8-17/h2,13-14H,1,3-12H2,(H,18,21). The van der Waals surface area contributed by atoms with E-state index in [1.807, 2.05) is 0 Å². The minimum absolute atomic E-state index is 0.0216. The lowest BCUT2D eigenvalue weighted by Crippen LogP contribution is -2.44. The smallest absolute Gasteiger partial charge is 0.245 e. The number of nitrogens with one attached hydrogen (secondary N) is 1. The van der Waals surface area contributed by atoms with E-state index in [9.17, 15) is 9.59 Å². The fourth-order valence-electron chi connectivity index (χ4n) is 3.74. The Morgan fingerprint density at radius 2 is 1.96 bits per heavy atom. The van der Waals surface area contributed by atoms with Crippen molar-refractivity contribution in [2.45, 2.75) is 50.4 Å². The Balaban J connectivity index is 1.39. The summed E-state index contributed by atoms with van der Waals surface area (Å²) in [6, 6.07) is 0. The Morgan fingerprint density at radius 1 is 1.26 bits per heavy atom. The molecule has 0 bridgehead atoms. The molecule has 1 aliphatic carbocycles. The molecule has 3 rings (SSSR count). The molecule has 0 aromatic carbocycles. The first-order valence-corrected chi connectivity index (χ1v) is 8.63. The molecule has 1 atom stereocenters. The van der Waals surface area contributed by atoms with Gasteiger partial charge in [0.2, 0.25) is 11.8 Å². The first-order valence-electron chi connectivity index (χ1n) is 8.63. The molecule has 2 amide bonds. The first kappa shape index (κ1) is 16.5. The molecule has 2 saturated heterocycles. The second kappa shape index (κ2) is 7.01. The molecule has 6 nitrogen and oxygen atoms in total. The fourth-order valence-corrected chi connectivity index (χ4v) is 3.74. The van der Waals surface area contributed by atoms with Crippen LogP contribution in [0.15, 0.2) is 12.7 Å². The van der Waals surface area contributed by atoms with E-state index in [1.54, 1.807) is 4.90 Å². The maximum atomic E-state index is 12.3. The maximum Gasteiger partial charge on any atom is 0.245 e. The van der Waals surface area contributed by atoms with E-state index in [4.69, 9.17) is 9.47 Å². The van der Waals surface area contributed by atoms with E-state index >= 15 is 0 Å². The highest BCUT2D eigenvalue weighted by atomic mass is 16.7. The monoisotopic (exact) mass is 322 g/mol. The molecular formula is C17H26N2O4. The highest BCUT2D eigenvalue weighted by molar-refractivity contribution is 5.87. The van der Waals surface area contributed by atoms with E-state index in [2.05, 4.69) is 11.9 Å². The number of likely N-dealkylation sites (tertiary alicyclic amines) is 1. The van der Waals surface area contributed by atoms with Gasteiger partial charge in [-0.1, -0.05) is 6.58 Å². The number of hydrogen-bond donors (Lipinski definition) is 1. The Morgan fingerprint density at radius 3 is 2.61 bits per heavy atom. The van der Waals surface area contributed by atoms with Crippen molar-refractivity contribution in [3.05, 3.63) is 12.7 Å². The van der Waals surface area contributed by atoms with E-state index in [-0.39, 0.29) is 29.6 Å². The summed E-state index contributed by atoms with van der Waals surface area (Å²) in [5.41, 5.74) is 0. The van der Waals surface area contributed by atoms with E-state index in [0.29, 0.717) is 39.1 Å². The van der Waals surface area contributed by atoms with Gasteiger partial charge in [-0.05, 0) is 31.8 Å². The highest BCUT2D eigenvalue weighted by Crippen LogP contribution is 2.39. The minimum Gasteiger partial charge on any atom is -0.353 e. The van der Waals surface area contributed by atoms with Crippen molar-refractivity contribution in [3.8, 4) is 0 Å². The second-order valence-electron chi connectivity index (χ2n) is 6.72. The van der Waals surface area contributed by atoms with Crippen LogP contribution in [0.1, 0.15) is 38.5 Å². The molecule has 0 aromatic heterocycles. The lowest BCUT2D eigenvalue weighted by molar-refractivity contribution is -0.161. The number of piperidine rings is 1. The Bertz CT molecular complexity index is 465. The SMILES string of the molecule is C=CC(=O)N1CCC(C(=O)NCC2COC3(CCCC3)O2)CC1. The van der Waals surface area contributed by atoms with Crippen LogP contribution in [0.3, 0.4) is 0 Å². The first-order chi connectivity index (χ1) is 11.1. The van der Waals surface area contributed by atoms with Crippen LogP contribution in [0.2, 0.25) is 0 Å². The van der Waals surface area contributed by atoms with Gasteiger partial charge in [-0.15, -0.1) is 0 Å². The molecule has 3 aliphatic rings. The van der Waals surface area contributed by atoms with E-state index in [1.165, 1.54) is 6.08 Å². The normalized spacial score (nSPS) is 27.3. The zero-order valence-corrected chi connectivity index (χ0v) is 13.6. The number of rotatable bonds is 4. The van der Waals surface area contributed by atoms with Gasteiger partial charge in [-0.3, -0.25) is 9.59 Å². The summed E-state index contributed by atoms with van der Waals surface area (Å²) >= 11 is 0. The lowest BCUT2D eigenvalue weighted by atomic mass is 9.96. The summed E-state index contributed by atoms with van der Waals surface area (Å²) in [6.45, 7) is 5.81. The molecule has 0 radical (unpaired) electrons. The molecular weight excluding hydrogens is 296 g/mol. The summed E-state index contributed by atoms with van der Waals surface area (Å²) in [4.78, 5) is 25.6. The molecule has 1 saturated carbocycles. The summed E-state index contributed by atoms with van der Waals surface area (Å²) in [5, 5.41) is 2.99. The molecule has 23 heavy (non-hydrogen) atoms. The number of carbonyl (C=O) groups is 2. The molecule has 1 unspecified atom stereocenters. The fraction of sp³-hybridized carbons (Fsp3) is 0.765. The van der Waals surface area contributed by atoms with Gasteiger partial charge >= 0.3 is 0 Å². The van der Waals surface area contributed by atoms with Crippen molar-refractivity contribution in [2.75, 3.05) is 26.2 Å². The van der Waals surface area contributed by atoms with Gasteiger partial charge in [0.1, 0.15) is 6.10 Å². The summed E-state index contributed by atoms with van der Waals surface area (Å²) in [7, 11) is 0. The lowest BCUT2D eigenvalue weighted by Gasteiger charge is -2.30. The molecule has 2 aliphatic heterocycles. The average molecular weight is 322 g/mol. The number of ether oxygens (including phenoxy) is 2. The van der Waals surface area contributed by atoms with Gasteiger partial charge in [0.25, 0.3) is 0 Å². The molecule has 6 heteroatoms. The van der Waals surface area contributed by atoms with Gasteiger partial charge in [0.05, 0.1) is 6.61 Å². The van der Waals surface area contributed by atoms with Gasteiger partial charge in [0.15, 0.2) is 5.79 Å². The third-order valence-corrected chi connectivity index (χ3v) is 5.14. The Kier molecular flexibility index (Phi) is 5.02. The highest BCUT2D eigenvalue weighted by Gasteiger charge is 2.43. The van der Waals surface area contributed by atoms with Crippen molar-refractivity contribution in [1.29, 1.82) is 0 Å². The molecule has 128 valence electrons. The molecule has 3 fully saturated rings. The van der Waals surface area contributed by atoms with Crippen LogP contribution in [0.25, 0.3) is 0 Å². The zero-order valence-electron chi connectivity index (χ0n) is 13.6. The van der Waals surface area contributed by atoms with Crippen molar-refractivity contribution >= 4 is 11.8 Å². The van der Waals surface area contributed by atoms with Crippen molar-refractivity contribution in [3.63, 3.8) is 0 Å². The van der Waals surface area contributed by atoms with E-state index < -0.39 is 0 Å². The van der Waals surface area contributed by atoms with Crippen molar-refractivity contribution < 1.29 is 19.1 Å². The predicted molar refractivity (Wildman–Crippen MR) is 84.5 cm³/mol. The maximum absolute atomic E-state index is 12.3. The van der Waals surface area contributed by atoms with Gasteiger partial charge < -0.3 is 19.7 Å². The van der Waals surface area contributed by atoms with Crippen LogP contribution in [0, 0.1) is 5.92 Å². The summed E-state index contributed by atoms with van der Waals surface area (Å²) in [5.74, 6) is -0.383. The van der Waals surface area contributed by atoms with Crippen LogP contribution in [-0.4, -0.2) is 54.8 Å². The topological polar surface area (TPSA) is 67.9 Å². The van der Waals surface area contributed by atoms with E-state index in [0.717, 1.165) is 25.7 Å². The van der Waals surface area contributed by atoms with Crippen molar-refractivity contribution in [1.82, 2.24) is 10.2 Å². The minimum atomic E-state index is -0.369. The van der Waals surface area contributed by atoms with Gasteiger partial charge in [0, 0.05) is 38.4 Å². The van der Waals surface area contributed by atoms with Gasteiger partial charge in [-0.2, -0.15) is 0 Å². The van der Waals surface area contributed by atoms with Crippen LogP contribution < -0.4 is 5.32 Å². The summed E-state index contributed by atoms with van der Waals surface area (Å²) in [6.07, 6.45) is 6.94. The third kappa shape index (κ3) is 3.75. The number of hydrogen-bond acceptors (Lipinski definition) is 4. The molecule has 1 N–H and O–H groups in total. The Hall–Kier alpha value is -1.40. The Labute approximate surface area is 137 Å². The quantitative estimate of drug-likeness (QED) is 0.790.